The highest BCUT2D eigenvalue weighted by atomic mass is 31.0. The molecule has 8 nitrogen and oxygen atoms in total. The fourth-order valence-electron chi connectivity index (χ4n) is 3.50. The van der Waals surface area contributed by atoms with Gasteiger partial charge in [0.25, 0.3) is 0 Å². The second-order valence-corrected chi connectivity index (χ2v) is 7.74. The van der Waals surface area contributed by atoms with Gasteiger partial charge in [-0.3, -0.25) is 4.79 Å². The third-order valence-corrected chi connectivity index (χ3v) is 5.53. The molecule has 2 heterocycles. The minimum Gasteiger partial charge on any atom is -0.382 e. The molecule has 0 saturated carbocycles. The summed E-state index contributed by atoms with van der Waals surface area (Å²) in [5, 5.41) is 11.2. The summed E-state index contributed by atoms with van der Waals surface area (Å²) in [6.45, 7) is 5.89. The number of fused-ring (bicyclic) bond motifs is 1. The van der Waals surface area contributed by atoms with Gasteiger partial charge in [-0.05, 0) is 31.9 Å². The lowest BCUT2D eigenvalue weighted by Gasteiger charge is -2.32. The van der Waals surface area contributed by atoms with Crippen molar-refractivity contribution in [1.29, 1.82) is 0 Å². The van der Waals surface area contributed by atoms with E-state index in [0.29, 0.717) is 16.7 Å². The number of nitrogens with zero attached hydrogens (tertiary/aromatic N) is 4. The number of hydrogen-bond acceptors (Lipinski definition) is 7. The molecule has 28 heavy (non-hydrogen) atoms. The van der Waals surface area contributed by atoms with E-state index < -0.39 is 17.2 Å². The van der Waals surface area contributed by atoms with Crippen LogP contribution in [0.2, 0.25) is 0 Å². The van der Waals surface area contributed by atoms with Crippen molar-refractivity contribution in [3.63, 3.8) is 0 Å². The van der Waals surface area contributed by atoms with Gasteiger partial charge in [-0.15, -0.1) is 9.24 Å². The van der Waals surface area contributed by atoms with E-state index in [0.717, 1.165) is 16.7 Å². The van der Waals surface area contributed by atoms with E-state index in [9.17, 15) is 9.90 Å². The Morgan fingerprint density at radius 2 is 1.93 bits per heavy atom. The maximum Gasteiger partial charge on any atom is 0.239 e. The number of nitrogen functional groups attached to an aromatic ring is 1. The van der Waals surface area contributed by atoms with Crippen molar-refractivity contribution in [3.05, 3.63) is 47.0 Å². The van der Waals surface area contributed by atoms with Crippen molar-refractivity contribution in [2.75, 3.05) is 12.8 Å². The number of benzene rings is 1. The lowest BCUT2D eigenvalue weighted by molar-refractivity contribution is -0.148. The summed E-state index contributed by atoms with van der Waals surface area (Å²) >= 11 is 0. The first kappa shape index (κ1) is 20.3. The molecule has 0 saturated heterocycles. The average Bonchev–Trinajstić information content (AvgIpc) is 3.04. The molecule has 0 amide bonds. The number of aliphatic hydroxyl groups is 1. The number of nitrogens with two attached hydrogens (primary N) is 1. The number of rotatable bonds is 6. The molecule has 1 aromatic carbocycles. The van der Waals surface area contributed by atoms with E-state index in [4.69, 9.17) is 10.5 Å². The minimum atomic E-state index is -2.04. The van der Waals surface area contributed by atoms with Crippen LogP contribution in [0.1, 0.15) is 27.0 Å². The molecular formula is C19H24N5O3P. The number of aryl methyl sites for hydroxylation is 3. The second kappa shape index (κ2) is 7.54. The Balaban J connectivity index is 1.96. The predicted molar refractivity (Wildman–Crippen MR) is 110 cm³/mol. The molecule has 3 rings (SSSR count). The van der Waals surface area contributed by atoms with E-state index >= 15 is 0 Å². The Morgan fingerprint density at radius 3 is 2.54 bits per heavy atom. The van der Waals surface area contributed by atoms with E-state index in [2.05, 4.69) is 24.2 Å². The number of anilines is 1. The molecule has 0 spiro atoms. The first-order valence-electron chi connectivity index (χ1n) is 8.76. The van der Waals surface area contributed by atoms with E-state index in [1.54, 1.807) is 10.9 Å². The second-order valence-electron chi connectivity index (χ2n) is 6.94. The molecular weight excluding hydrogens is 377 g/mol. The maximum atomic E-state index is 13.3. The lowest BCUT2D eigenvalue weighted by Crippen LogP contribution is -2.50. The fraction of sp³-hybridized carbons (Fsp3) is 0.368. The van der Waals surface area contributed by atoms with Gasteiger partial charge in [-0.2, -0.15) is 0 Å². The normalized spacial score (nSPS) is 14.8. The van der Waals surface area contributed by atoms with Crippen LogP contribution in [0, 0.1) is 20.8 Å². The molecule has 2 aromatic heterocycles. The van der Waals surface area contributed by atoms with Gasteiger partial charge in [0.05, 0.1) is 12.0 Å². The third kappa shape index (κ3) is 3.39. The van der Waals surface area contributed by atoms with Crippen molar-refractivity contribution in [2.24, 2.45) is 0 Å². The molecule has 3 atom stereocenters. The molecule has 3 N–H and O–H groups in total. The molecule has 0 bridgehead atoms. The van der Waals surface area contributed by atoms with E-state index in [1.807, 2.05) is 32.9 Å². The van der Waals surface area contributed by atoms with Crippen molar-refractivity contribution in [3.8, 4) is 0 Å². The Hall–Kier alpha value is -2.41. The van der Waals surface area contributed by atoms with Crippen molar-refractivity contribution in [1.82, 2.24) is 19.5 Å². The van der Waals surface area contributed by atoms with Gasteiger partial charge in [-0.1, -0.05) is 17.7 Å². The first-order chi connectivity index (χ1) is 13.2. The molecule has 0 aliphatic heterocycles. The monoisotopic (exact) mass is 401 g/mol. The average molecular weight is 401 g/mol. The van der Waals surface area contributed by atoms with Crippen LogP contribution in [0.15, 0.2) is 24.8 Å². The number of hydrogen-bond donors (Lipinski definition) is 2. The number of methoxy groups -OCH3 is 1. The molecule has 0 radical (unpaired) electrons. The number of aromatic nitrogens is 4. The summed E-state index contributed by atoms with van der Waals surface area (Å²) in [7, 11) is 3.81. The number of imidazole rings is 1. The highest BCUT2D eigenvalue weighted by molar-refractivity contribution is 7.17. The smallest absolute Gasteiger partial charge is 0.239 e. The largest absolute Gasteiger partial charge is 0.382 e. The molecule has 3 aromatic rings. The summed E-state index contributed by atoms with van der Waals surface area (Å²) in [5.41, 5.74) is 9.25. The zero-order chi connectivity index (χ0) is 20.6. The number of ketones is 1. The summed E-state index contributed by atoms with van der Waals surface area (Å²) in [6.07, 6.45) is 2.90. The number of ether oxygens (including phenoxy) is 1. The quantitative estimate of drug-likeness (QED) is 0.367. The topological polar surface area (TPSA) is 116 Å². The molecule has 0 aliphatic rings. The Morgan fingerprint density at radius 1 is 1.29 bits per heavy atom. The van der Waals surface area contributed by atoms with E-state index in [1.165, 1.54) is 13.4 Å². The van der Waals surface area contributed by atoms with Crippen LogP contribution >= 0.6 is 9.24 Å². The van der Waals surface area contributed by atoms with Gasteiger partial charge in [-0.25, -0.2) is 15.0 Å². The van der Waals surface area contributed by atoms with Crippen molar-refractivity contribution in [2.45, 2.75) is 38.8 Å². The van der Waals surface area contributed by atoms with Crippen molar-refractivity contribution < 1.29 is 14.6 Å². The highest BCUT2D eigenvalue weighted by Gasteiger charge is 2.44. The highest BCUT2D eigenvalue weighted by Crippen LogP contribution is 2.30. The Labute approximate surface area is 165 Å². The fourth-order valence-corrected chi connectivity index (χ4v) is 4.01. The first-order valence-corrected chi connectivity index (χ1v) is 9.42. The van der Waals surface area contributed by atoms with Crippen LogP contribution in [-0.2, 0) is 11.3 Å². The van der Waals surface area contributed by atoms with Gasteiger partial charge >= 0.3 is 0 Å². The predicted octanol–water partition coefficient (Wildman–Crippen LogP) is 1.80. The molecule has 0 fully saturated rings. The Bertz CT molecular complexity index is 1030. The Kier molecular flexibility index (Phi) is 5.48. The van der Waals surface area contributed by atoms with Crippen LogP contribution in [-0.4, -0.2) is 49.0 Å². The zero-order valence-electron chi connectivity index (χ0n) is 16.3. The molecule has 1 unspecified atom stereocenters. The van der Waals surface area contributed by atoms with Crippen LogP contribution in [0.25, 0.3) is 11.2 Å². The molecule has 9 heteroatoms. The van der Waals surface area contributed by atoms with Crippen molar-refractivity contribution >= 4 is 32.0 Å². The summed E-state index contributed by atoms with van der Waals surface area (Å²) in [4.78, 5) is 25.6. The number of carbonyl (C=O) groups is 1. The van der Waals surface area contributed by atoms with Gasteiger partial charge in [0.2, 0.25) is 11.6 Å². The maximum absolute atomic E-state index is 13.3. The van der Waals surface area contributed by atoms with Crippen LogP contribution in [0.4, 0.5) is 5.82 Å². The zero-order valence-corrected chi connectivity index (χ0v) is 17.5. The standard InChI is InChI=1S/C19H24N5O3P/c1-10-5-11(2)14(12(3)6-10)16(25)19(26,27-4)13(28)7-24-9-23-15-17(20)21-8-22-18(15)24/h5-6,8-9,13,26H,7,28H2,1-4H3,(H2,20,21,22)/t13-,19+/m0/s1. The lowest BCUT2D eigenvalue weighted by atomic mass is 9.91. The minimum absolute atomic E-state index is 0.220. The summed E-state index contributed by atoms with van der Waals surface area (Å²) < 4.78 is 7.04. The van der Waals surface area contributed by atoms with Crippen LogP contribution < -0.4 is 5.73 Å². The SMILES string of the molecule is CO[C@@](O)(C(=O)c1c(C)cc(C)cc1C)[C@@H](P)Cn1cnc2c(N)ncnc21. The number of carbonyl (C=O) groups excluding carboxylic acids is 1. The van der Waals surface area contributed by atoms with E-state index in [-0.39, 0.29) is 12.4 Å². The molecule has 0 aliphatic carbocycles. The van der Waals surface area contributed by atoms with Gasteiger partial charge in [0.15, 0.2) is 11.5 Å². The van der Waals surface area contributed by atoms with Gasteiger partial charge in [0.1, 0.15) is 11.8 Å². The van der Waals surface area contributed by atoms with Gasteiger partial charge < -0.3 is 20.1 Å². The summed E-state index contributed by atoms with van der Waals surface area (Å²) in [5.74, 6) is -2.25. The summed E-state index contributed by atoms with van der Waals surface area (Å²) in [6, 6.07) is 3.83. The molecule has 148 valence electrons. The van der Waals surface area contributed by atoms with Crippen LogP contribution in [0.3, 0.4) is 0 Å². The third-order valence-electron chi connectivity index (χ3n) is 4.87. The van der Waals surface area contributed by atoms with Gasteiger partial charge in [0, 0.05) is 19.2 Å². The van der Waals surface area contributed by atoms with Crippen LogP contribution in [0.5, 0.6) is 0 Å². The number of Topliss-reactive ketones (excluding diaryl/α,β-unsaturated/α-hetero) is 1.